The van der Waals surface area contributed by atoms with E-state index in [0.717, 1.165) is 72.3 Å². The Morgan fingerprint density at radius 3 is 2.68 bits per heavy atom. The highest BCUT2D eigenvalue weighted by Crippen LogP contribution is 2.38. The number of hydrogen-bond acceptors (Lipinski definition) is 5. The second kappa shape index (κ2) is 10.3. The molecule has 0 N–H and O–H groups in total. The molecule has 1 aliphatic carbocycles. The van der Waals surface area contributed by atoms with Crippen LogP contribution in [0.5, 0.6) is 0 Å². The molecule has 0 bridgehead atoms. The summed E-state index contributed by atoms with van der Waals surface area (Å²) >= 11 is 7.97. The van der Waals surface area contributed by atoms with E-state index in [4.69, 9.17) is 16.3 Å². The molecule has 2 aromatic heterocycles. The first-order valence-corrected chi connectivity index (χ1v) is 13.5. The number of ketones is 1. The maximum atomic E-state index is 13.3. The number of ether oxygens (including phenoxy) is 1. The number of hydrogen-bond donors (Lipinski definition) is 0. The van der Waals surface area contributed by atoms with E-state index in [1.807, 2.05) is 37.3 Å². The highest BCUT2D eigenvalue weighted by molar-refractivity contribution is 7.99. The molecular weight excluding hydrogens is 468 g/mol. The number of aryl methyl sites for hydroxylation is 1. The molecule has 2 aliphatic rings. The zero-order valence-corrected chi connectivity index (χ0v) is 21.4. The predicted octanol–water partition coefficient (Wildman–Crippen LogP) is 6.29. The van der Waals surface area contributed by atoms with Gasteiger partial charge in [0.1, 0.15) is 0 Å². The van der Waals surface area contributed by atoms with E-state index in [1.54, 1.807) is 0 Å². The van der Waals surface area contributed by atoms with Gasteiger partial charge < -0.3 is 9.30 Å². The Balaban J connectivity index is 1.36. The summed E-state index contributed by atoms with van der Waals surface area (Å²) in [6.45, 7) is 5.76. The van der Waals surface area contributed by atoms with Crippen molar-refractivity contribution in [3.63, 3.8) is 0 Å². The topological polar surface area (TPSA) is 61.9 Å². The maximum Gasteiger partial charge on any atom is 0.192 e. The van der Waals surface area contributed by atoms with Crippen molar-refractivity contribution in [3.05, 3.63) is 52.3 Å². The number of nitrogens with zero attached hydrogens (tertiary/aromatic N) is 4. The molecule has 6 nitrogen and oxygen atoms in total. The molecule has 1 aliphatic heterocycles. The lowest BCUT2D eigenvalue weighted by Crippen LogP contribution is -2.17. The maximum absolute atomic E-state index is 13.3. The van der Waals surface area contributed by atoms with Crippen LogP contribution in [0.2, 0.25) is 5.02 Å². The van der Waals surface area contributed by atoms with Crippen LogP contribution in [0.1, 0.15) is 66.3 Å². The minimum absolute atomic E-state index is 0.122. The van der Waals surface area contributed by atoms with E-state index in [0.29, 0.717) is 16.8 Å². The molecule has 1 saturated heterocycles. The van der Waals surface area contributed by atoms with Gasteiger partial charge in [-0.05, 0) is 57.7 Å². The van der Waals surface area contributed by atoms with Crippen molar-refractivity contribution in [2.45, 2.75) is 76.2 Å². The molecule has 0 amide bonds. The number of carbonyl (C=O) groups excluding carboxylic acids is 1. The summed E-state index contributed by atoms with van der Waals surface area (Å²) < 4.78 is 10.3. The van der Waals surface area contributed by atoms with E-state index < -0.39 is 0 Å². The standard InChI is InChI=1S/C26H31ClN4O2S/c1-17-14-22(18(2)30(17)15-20-10-7-13-33-20)24(32)16-34-26-29-28-25(21-11-5-6-12-23(21)27)31(26)19-8-3-4-9-19/h5-6,11-12,14,19-20H,3-4,7-10,13,15-16H2,1-2H3. The van der Waals surface area contributed by atoms with E-state index >= 15 is 0 Å². The van der Waals surface area contributed by atoms with Gasteiger partial charge in [0, 0.05) is 41.7 Å². The molecule has 5 rings (SSSR count). The molecule has 1 unspecified atom stereocenters. The molecule has 8 heteroatoms. The zero-order valence-electron chi connectivity index (χ0n) is 19.8. The summed E-state index contributed by atoms with van der Waals surface area (Å²) in [5.74, 6) is 1.25. The van der Waals surface area contributed by atoms with Crippen LogP contribution in [0.15, 0.2) is 35.5 Å². The van der Waals surface area contributed by atoms with Crippen molar-refractivity contribution in [1.29, 1.82) is 0 Å². The molecule has 0 spiro atoms. The zero-order chi connectivity index (χ0) is 23.7. The average molecular weight is 499 g/mol. The predicted molar refractivity (Wildman–Crippen MR) is 136 cm³/mol. The lowest BCUT2D eigenvalue weighted by atomic mass is 10.2. The van der Waals surface area contributed by atoms with Gasteiger partial charge in [-0.15, -0.1) is 10.2 Å². The van der Waals surface area contributed by atoms with Crippen LogP contribution in [-0.2, 0) is 11.3 Å². The monoisotopic (exact) mass is 498 g/mol. The quantitative estimate of drug-likeness (QED) is 0.270. The highest BCUT2D eigenvalue weighted by atomic mass is 35.5. The first-order chi connectivity index (χ1) is 16.5. The summed E-state index contributed by atoms with van der Waals surface area (Å²) in [6, 6.07) is 10.1. The Labute approximate surface area is 210 Å². The molecule has 2 fully saturated rings. The van der Waals surface area contributed by atoms with E-state index in [9.17, 15) is 4.79 Å². The molecule has 180 valence electrons. The molecule has 3 heterocycles. The van der Waals surface area contributed by atoms with E-state index in [2.05, 4.69) is 26.3 Å². The second-order valence-electron chi connectivity index (χ2n) is 9.34. The first-order valence-electron chi connectivity index (χ1n) is 12.2. The Morgan fingerprint density at radius 2 is 1.94 bits per heavy atom. The number of halogens is 1. The molecule has 1 saturated carbocycles. The fourth-order valence-corrected chi connectivity index (χ4v) is 6.37. The van der Waals surface area contributed by atoms with Gasteiger partial charge in [0.15, 0.2) is 16.8 Å². The van der Waals surface area contributed by atoms with Crippen LogP contribution in [0, 0.1) is 13.8 Å². The fourth-order valence-electron chi connectivity index (χ4n) is 5.26. The number of Topliss-reactive ketones (excluding diaryl/α,β-unsaturated/α-hetero) is 1. The third-order valence-corrected chi connectivity index (χ3v) is 8.36. The fraction of sp³-hybridized carbons (Fsp3) is 0.500. The van der Waals surface area contributed by atoms with Crippen molar-refractivity contribution >= 4 is 29.1 Å². The van der Waals surface area contributed by atoms with Crippen molar-refractivity contribution in [3.8, 4) is 11.4 Å². The average Bonchev–Trinajstić information content (AvgIpc) is 3.63. The lowest BCUT2D eigenvalue weighted by Gasteiger charge is -2.17. The molecule has 1 atom stereocenters. The SMILES string of the molecule is Cc1cc(C(=O)CSc2nnc(-c3ccccc3Cl)n2C2CCCC2)c(C)n1CC1CCCO1. The Morgan fingerprint density at radius 1 is 1.15 bits per heavy atom. The summed E-state index contributed by atoms with van der Waals surface area (Å²) in [7, 11) is 0. The van der Waals surface area contributed by atoms with Gasteiger partial charge in [-0.25, -0.2) is 0 Å². The summed E-state index contributed by atoms with van der Waals surface area (Å²) in [4.78, 5) is 13.3. The minimum Gasteiger partial charge on any atom is -0.376 e. The third-order valence-electron chi connectivity index (χ3n) is 7.09. The summed E-state index contributed by atoms with van der Waals surface area (Å²) in [5.41, 5.74) is 3.81. The van der Waals surface area contributed by atoms with Gasteiger partial charge in [-0.1, -0.05) is 48.3 Å². The Bertz CT molecular complexity index is 1180. The van der Waals surface area contributed by atoms with Crippen LogP contribution < -0.4 is 0 Å². The van der Waals surface area contributed by atoms with Gasteiger partial charge in [0.05, 0.1) is 16.9 Å². The largest absolute Gasteiger partial charge is 0.376 e. The summed E-state index contributed by atoms with van der Waals surface area (Å²) in [6.07, 6.45) is 7.04. The van der Waals surface area contributed by atoms with Gasteiger partial charge >= 0.3 is 0 Å². The molecule has 3 aromatic rings. The first kappa shape index (κ1) is 23.6. The number of benzene rings is 1. The molecule has 0 radical (unpaired) electrons. The van der Waals surface area contributed by atoms with Crippen LogP contribution in [-0.4, -0.2) is 43.6 Å². The van der Waals surface area contributed by atoms with Crippen molar-refractivity contribution in [2.75, 3.05) is 12.4 Å². The lowest BCUT2D eigenvalue weighted by molar-refractivity contribution is 0.0957. The number of carbonyl (C=O) groups is 1. The molecule has 34 heavy (non-hydrogen) atoms. The van der Waals surface area contributed by atoms with E-state index in [-0.39, 0.29) is 11.9 Å². The van der Waals surface area contributed by atoms with Crippen LogP contribution >= 0.6 is 23.4 Å². The van der Waals surface area contributed by atoms with Crippen molar-refractivity contribution in [1.82, 2.24) is 19.3 Å². The van der Waals surface area contributed by atoms with Crippen molar-refractivity contribution in [2.24, 2.45) is 0 Å². The highest BCUT2D eigenvalue weighted by Gasteiger charge is 2.27. The van der Waals surface area contributed by atoms with E-state index in [1.165, 1.54) is 24.6 Å². The van der Waals surface area contributed by atoms with Crippen LogP contribution in [0.3, 0.4) is 0 Å². The Kier molecular flexibility index (Phi) is 7.14. The van der Waals surface area contributed by atoms with Gasteiger partial charge in [-0.2, -0.15) is 0 Å². The smallest absolute Gasteiger partial charge is 0.192 e. The number of aromatic nitrogens is 4. The normalized spacial score (nSPS) is 18.7. The number of thioether (sulfide) groups is 1. The second-order valence-corrected chi connectivity index (χ2v) is 10.7. The molecule has 1 aromatic carbocycles. The minimum atomic E-state index is 0.122. The molecular formula is C26H31ClN4O2S. The van der Waals surface area contributed by atoms with Gasteiger partial charge in [-0.3, -0.25) is 9.36 Å². The third kappa shape index (κ3) is 4.70. The van der Waals surface area contributed by atoms with Crippen molar-refractivity contribution < 1.29 is 9.53 Å². The Hall–Kier alpha value is -2.09. The van der Waals surface area contributed by atoms with Gasteiger partial charge in [0.25, 0.3) is 0 Å². The summed E-state index contributed by atoms with van der Waals surface area (Å²) in [5, 5.41) is 10.5. The number of rotatable bonds is 8. The van der Waals surface area contributed by atoms with Gasteiger partial charge in [0.2, 0.25) is 0 Å². The van der Waals surface area contributed by atoms with Crippen LogP contribution in [0.25, 0.3) is 11.4 Å². The van der Waals surface area contributed by atoms with Crippen LogP contribution in [0.4, 0.5) is 0 Å².